The van der Waals surface area contributed by atoms with Crippen molar-refractivity contribution in [1.29, 1.82) is 0 Å². The number of amides is 4. The molecule has 0 saturated carbocycles. The summed E-state index contributed by atoms with van der Waals surface area (Å²) in [5.41, 5.74) is 2.49. The zero-order valence-electron chi connectivity index (χ0n) is 33.6. The predicted molar refractivity (Wildman–Crippen MR) is 358 cm³/mol. The second-order valence-electron chi connectivity index (χ2n) is 13.4. The van der Waals surface area contributed by atoms with Crippen molar-refractivity contribution in [3.05, 3.63) is 89.4 Å². The van der Waals surface area contributed by atoms with Gasteiger partial charge in [0.2, 0.25) is 23.6 Å². The Labute approximate surface area is 551 Å². The molecular weight excluding hydrogens is 2250 g/mol. The minimum Gasteiger partial charge on any atom is -0.478 e. The van der Waals surface area contributed by atoms with Crippen LogP contribution in [0, 0.1) is 42.8 Å². The summed E-state index contributed by atoms with van der Waals surface area (Å²) >= 11 is 23.7. The molecule has 4 amide bonds. The topological polar surface area (TPSA) is 266 Å². The van der Waals surface area contributed by atoms with E-state index < -0.39 is 23.9 Å². The van der Waals surface area contributed by atoms with Crippen LogP contribution in [0.4, 0.5) is 22.7 Å². The fourth-order valence-corrected chi connectivity index (χ4v) is 22.0. The number of carbonyl (C=O) groups excluding carboxylic acids is 4. The number of unbranched alkanes of at least 4 members (excludes halogenated alkanes) is 2. The molecule has 0 aliphatic rings. The van der Waals surface area contributed by atoms with Gasteiger partial charge in [0.15, 0.2) is 0 Å². The van der Waals surface area contributed by atoms with Crippen LogP contribution in [0.2, 0.25) is 0 Å². The van der Waals surface area contributed by atoms with Crippen molar-refractivity contribution in [2.75, 3.05) is 21.3 Å². The summed E-state index contributed by atoms with van der Waals surface area (Å²) in [6.07, 6.45) is 2.55. The maximum Gasteiger partial charge on any atom is 0.337 e. The summed E-state index contributed by atoms with van der Waals surface area (Å²) in [6, 6.07) is 6.82. The Hall–Kier alpha value is 1.40. The van der Waals surface area contributed by atoms with Crippen LogP contribution < -0.4 is 21.3 Å². The number of anilines is 4. The Morgan fingerprint density at radius 2 is 0.471 bits per heavy atom. The fraction of sp³-hybridized carbons (Fsp3) is 0.200. The second-order valence-corrected chi connectivity index (χ2v) is 27.1. The zero-order valence-corrected chi connectivity index (χ0v) is 59.4. The van der Waals surface area contributed by atoms with Crippen LogP contribution in [0.25, 0.3) is 0 Å². The minimum atomic E-state index is -1.06. The lowest BCUT2D eigenvalue weighted by atomic mass is 10.1. The lowest BCUT2D eigenvalue weighted by Crippen LogP contribution is -2.17. The summed E-state index contributed by atoms with van der Waals surface area (Å²) in [5.74, 6) is -5.27. The van der Waals surface area contributed by atoms with Crippen molar-refractivity contribution in [2.45, 2.75) is 51.4 Å². The molecule has 0 atom stereocenters. The third-order valence-electron chi connectivity index (χ3n) is 8.71. The number of carboxylic acid groups (broad SMARTS) is 4. The Balaban J connectivity index is 0.000000360. The summed E-state index contributed by atoms with van der Waals surface area (Å²) < 4.78 is 7.22. The third kappa shape index (κ3) is 18.3. The van der Waals surface area contributed by atoms with Gasteiger partial charge in [0, 0.05) is 54.2 Å². The van der Waals surface area contributed by atoms with Gasteiger partial charge in [0.1, 0.15) is 0 Å². The van der Waals surface area contributed by atoms with Gasteiger partial charge in [-0.2, -0.15) is 0 Å². The average Bonchev–Trinajstić information content (AvgIpc) is 3.20. The van der Waals surface area contributed by atoms with Gasteiger partial charge in [-0.25, -0.2) is 19.2 Å². The SMILES string of the molecule is O=C(CCCCC(=O)Nc1c(I)cc(I)c(C(=O)O)c1I)Nc1c(I)cc(I)c(C(=O)O)c1I.O=C(CCCCC(=O)Nc1c(I)cc(I)c(C(=O)O)c1I)Nc1c(I)cc(I)c(C(=O)O)c1I. The van der Waals surface area contributed by atoms with Gasteiger partial charge in [-0.3, -0.25) is 19.2 Å². The van der Waals surface area contributed by atoms with Gasteiger partial charge in [0.05, 0.1) is 59.3 Å². The number of carboxylic acids is 4. The van der Waals surface area contributed by atoms with Crippen LogP contribution in [0.5, 0.6) is 0 Å². The quantitative estimate of drug-likeness (QED) is 0.0342. The summed E-state index contributed by atoms with van der Waals surface area (Å²) in [4.78, 5) is 95.7. The first-order chi connectivity index (χ1) is 31.7. The van der Waals surface area contributed by atoms with E-state index in [1.807, 2.05) is 181 Å². The smallest absolute Gasteiger partial charge is 0.337 e. The lowest BCUT2D eigenvalue weighted by Gasteiger charge is -2.14. The molecule has 28 heteroatoms. The summed E-state index contributed by atoms with van der Waals surface area (Å²) in [7, 11) is 0. The molecule has 0 aromatic heterocycles. The van der Waals surface area contributed by atoms with Crippen LogP contribution >= 0.6 is 271 Å². The number of nitrogens with one attached hydrogen (secondary N) is 4. The van der Waals surface area contributed by atoms with Crippen LogP contribution in [0.1, 0.15) is 92.8 Å². The molecule has 68 heavy (non-hydrogen) atoms. The van der Waals surface area contributed by atoms with Crippen molar-refractivity contribution in [1.82, 2.24) is 0 Å². The number of hydrogen-bond acceptors (Lipinski definition) is 8. The first kappa shape index (κ1) is 63.7. The third-order valence-corrected chi connectivity index (χ3v) is 19.8. The summed E-state index contributed by atoms with van der Waals surface area (Å²) in [6.45, 7) is 0. The van der Waals surface area contributed by atoms with Gasteiger partial charge in [-0.1, -0.05) is 0 Å². The Kier molecular flexibility index (Phi) is 28.3. The molecule has 0 spiro atoms. The van der Waals surface area contributed by atoms with Crippen LogP contribution in [0.15, 0.2) is 24.3 Å². The molecule has 0 fully saturated rings. The molecule has 0 radical (unpaired) electrons. The molecule has 0 unspecified atom stereocenters. The molecule has 364 valence electrons. The molecule has 0 heterocycles. The molecule has 8 N–H and O–H groups in total. The van der Waals surface area contributed by atoms with Crippen LogP contribution in [0.3, 0.4) is 0 Å². The van der Waals surface area contributed by atoms with E-state index in [0.29, 0.717) is 77.0 Å². The predicted octanol–water partition coefficient (Wildman–Crippen LogP) is 13.7. The van der Waals surface area contributed by atoms with E-state index in [1.165, 1.54) is 0 Å². The maximum atomic E-state index is 12.4. The number of carbonyl (C=O) groups is 8. The average molecular weight is 2280 g/mol. The largest absolute Gasteiger partial charge is 0.478 e. The van der Waals surface area contributed by atoms with Crippen molar-refractivity contribution < 1.29 is 58.8 Å². The van der Waals surface area contributed by atoms with Crippen LogP contribution in [-0.4, -0.2) is 67.9 Å². The highest BCUT2D eigenvalue weighted by Gasteiger charge is 2.24. The minimum absolute atomic E-state index is 0.152. The van der Waals surface area contributed by atoms with Gasteiger partial charge in [0.25, 0.3) is 0 Å². The highest BCUT2D eigenvalue weighted by molar-refractivity contribution is 14.1. The molecule has 4 aromatic carbocycles. The van der Waals surface area contributed by atoms with Gasteiger partial charge < -0.3 is 41.7 Å². The van der Waals surface area contributed by atoms with E-state index in [9.17, 15) is 58.8 Å². The van der Waals surface area contributed by atoms with E-state index >= 15 is 0 Å². The highest BCUT2D eigenvalue weighted by atomic mass is 127. The molecule has 0 bridgehead atoms. The van der Waals surface area contributed by atoms with Crippen molar-refractivity contribution in [3.63, 3.8) is 0 Å². The lowest BCUT2D eigenvalue weighted by molar-refractivity contribution is -0.118. The standard InChI is InChI=1S/2C20H14I6N2O6/c2*21-7-5-9(23)17(15(25)13(7)19(31)32)27-11(29)3-1-2-4-12(30)28-18-10(24)6-8(22)14(16(18)26)20(33)34/h2*5-6H,1-4H2,(H,27,29)(H,28,30)(H,31,32)(H,33,34). The highest BCUT2D eigenvalue weighted by Crippen LogP contribution is 2.36. The maximum absolute atomic E-state index is 12.4. The number of hydrogen-bond donors (Lipinski definition) is 8. The van der Waals surface area contributed by atoms with Gasteiger partial charge >= 0.3 is 23.9 Å². The van der Waals surface area contributed by atoms with Gasteiger partial charge in [-0.05, 0) is 321 Å². The Morgan fingerprint density at radius 1 is 0.309 bits per heavy atom. The fourth-order valence-electron chi connectivity index (χ4n) is 5.55. The first-order valence-electron chi connectivity index (χ1n) is 18.5. The molecule has 0 aliphatic heterocycles. The van der Waals surface area contributed by atoms with Gasteiger partial charge in [-0.15, -0.1) is 0 Å². The number of rotatable bonds is 18. The van der Waals surface area contributed by atoms with E-state index in [2.05, 4.69) is 112 Å². The number of aromatic carboxylic acids is 4. The van der Waals surface area contributed by atoms with E-state index in [1.54, 1.807) is 24.3 Å². The van der Waals surface area contributed by atoms with Crippen LogP contribution in [-0.2, 0) is 19.2 Å². The number of halogens is 12. The number of benzene rings is 4. The Bertz CT molecular complexity index is 2370. The van der Waals surface area contributed by atoms with Crippen molar-refractivity contribution in [3.8, 4) is 0 Å². The van der Waals surface area contributed by atoms with Crippen molar-refractivity contribution in [2.24, 2.45) is 0 Å². The van der Waals surface area contributed by atoms with E-state index in [4.69, 9.17) is 0 Å². The molecule has 0 aliphatic carbocycles. The molecule has 0 saturated heterocycles. The van der Waals surface area contributed by atoms with E-state index in [-0.39, 0.29) is 71.6 Å². The molecular formula is C40H28I12N4O12. The second kappa shape index (κ2) is 30.2. The van der Waals surface area contributed by atoms with E-state index in [0.717, 1.165) is 14.3 Å². The molecule has 16 nitrogen and oxygen atoms in total. The zero-order chi connectivity index (χ0) is 51.5. The Morgan fingerprint density at radius 3 is 0.618 bits per heavy atom. The monoisotopic (exact) mass is 2280 g/mol. The first-order valence-corrected chi connectivity index (χ1v) is 31.5. The molecule has 4 aromatic rings. The summed E-state index contributed by atoms with van der Waals surface area (Å²) in [5, 5.41) is 48.8. The molecule has 4 rings (SSSR count). The normalized spacial score (nSPS) is 10.6. The van der Waals surface area contributed by atoms with Crippen molar-refractivity contribution >= 4 is 341 Å².